The standard InChI is InChI=1S/C8H11NO5/c1-5(8(12)14-13-2)9-6(10)3-4-7(9)11/h5H,3-4H2,1-2H3. The lowest BCUT2D eigenvalue weighted by Gasteiger charge is -2.19. The maximum atomic E-state index is 11.2. The van der Waals surface area contributed by atoms with E-state index in [0.29, 0.717) is 0 Å². The molecule has 0 radical (unpaired) electrons. The van der Waals surface area contributed by atoms with Crippen LogP contribution < -0.4 is 0 Å². The lowest BCUT2D eigenvalue weighted by Crippen LogP contribution is -2.43. The second-order valence-corrected chi connectivity index (χ2v) is 2.90. The molecule has 78 valence electrons. The number of likely N-dealkylation sites (tertiary alicyclic amines) is 1. The highest BCUT2D eigenvalue weighted by Crippen LogP contribution is 2.15. The third-order valence-electron chi connectivity index (χ3n) is 1.98. The van der Waals surface area contributed by atoms with E-state index in [1.54, 1.807) is 0 Å². The molecule has 6 nitrogen and oxygen atoms in total. The van der Waals surface area contributed by atoms with Gasteiger partial charge < -0.3 is 0 Å². The maximum absolute atomic E-state index is 11.2. The van der Waals surface area contributed by atoms with Crippen LogP contribution in [0.4, 0.5) is 0 Å². The van der Waals surface area contributed by atoms with Gasteiger partial charge in [0.2, 0.25) is 11.8 Å². The summed E-state index contributed by atoms with van der Waals surface area (Å²) in [5.41, 5.74) is 0. The van der Waals surface area contributed by atoms with Crippen LogP contribution in [0.15, 0.2) is 0 Å². The Morgan fingerprint density at radius 2 is 1.86 bits per heavy atom. The topological polar surface area (TPSA) is 72.9 Å². The van der Waals surface area contributed by atoms with Crippen LogP contribution in [-0.4, -0.2) is 35.8 Å². The number of hydrogen-bond donors (Lipinski definition) is 0. The zero-order valence-corrected chi connectivity index (χ0v) is 7.98. The zero-order chi connectivity index (χ0) is 10.7. The Labute approximate surface area is 80.7 Å². The smallest absolute Gasteiger partial charge is 0.296 e. The largest absolute Gasteiger partial charge is 0.364 e. The molecular formula is C8H11NO5. The summed E-state index contributed by atoms with van der Waals surface area (Å²) in [6.45, 7) is 1.42. The molecular weight excluding hydrogens is 190 g/mol. The van der Waals surface area contributed by atoms with Crippen LogP contribution >= 0.6 is 0 Å². The van der Waals surface area contributed by atoms with Crippen molar-refractivity contribution in [2.75, 3.05) is 7.11 Å². The summed E-state index contributed by atoms with van der Waals surface area (Å²) in [6, 6.07) is -0.919. The molecule has 0 aromatic heterocycles. The quantitative estimate of drug-likeness (QED) is 0.354. The molecule has 1 saturated heterocycles. The minimum absolute atomic E-state index is 0.156. The molecule has 2 amide bonds. The van der Waals surface area contributed by atoms with E-state index in [9.17, 15) is 14.4 Å². The van der Waals surface area contributed by atoms with Gasteiger partial charge in [-0.2, -0.15) is 4.89 Å². The molecule has 0 aliphatic carbocycles. The van der Waals surface area contributed by atoms with Gasteiger partial charge in [0.1, 0.15) is 6.04 Å². The summed E-state index contributed by atoms with van der Waals surface area (Å²) >= 11 is 0. The Morgan fingerprint density at radius 3 is 2.29 bits per heavy atom. The van der Waals surface area contributed by atoms with Crippen LogP contribution in [0.1, 0.15) is 19.8 Å². The number of hydrogen-bond acceptors (Lipinski definition) is 5. The van der Waals surface area contributed by atoms with Gasteiger partial charge in [0.05, 0.1) is 7.11 Å². The minimum atomic E-state index is -0.919. The molecule has 1 rings (SSSR count). The fourth-order valence-corrected chi connectivity index (χ4v) is 1.28. The Hall–Kier alpha value is -1.43. The molecule has 6 heteroatoms. The van der Waals surface area contributed by atoms with Gasteiger partial charge in [-0.3, -0.25) is 19.4 Å². The average Bonchev–Trinajstić information content (AvgIpc) is 2.46. The third-order valence-corrected chi connectivity index (χ3v) is 1.98. The predicted molar refractivity (Wildman–Crippen MR) is 43.7 cm³/mol. The van der Waals surface area contributed by atoms with Crippen LogP contribution in [0.5, 0.6) is 0 Å². The number of imide groups is 1. The SMILES string of the molecule is COOC(=O)C(C)N1C(=O)CCC1=O. The van der Waals surface area contributed by atoms with E-state index in [-0.39, 0.29) is 24.7 Å². The van der Waals surface area contributed by atoms with Crippen molar-refractivity contribution < 1.29 is 24.2 Å². The normalized spacial score (nSPS) is 18.6. The first-order valence-corrected chi connectivity index (χ1v) is 4.17. The molecule has 0 spiro atoms. The molecule has 0 N–H and O–H groups in total. The van der Waals surface area contributed by atoms with Gasteiger partial charge in [0.25, 0.3) is 0 Å². The highest BCUT2D eigenvalue weighted by molar-refractivity contribution is 6.04. The van der Waals surface area contributed by atoms with Gasteiger partial charge in [0.15, 0.2) is 0 Å². The number of rotatable bonds is 3. The lowest BCUT2D eigenvalue weighted by atomic mass is 10.3. The summed E-state index contributed by atoms with van der Waals surface area (Å²) in [7, 11) is 1.18. The van der Waals surface area contributed by atoms with E-state index < -0.39 is 12.0 Å². The van der Waals surface area contributed by atoms with E-state index in [4.69, 9.17) is 0 Å². The molecule has 1 heterocycles. The third kappa shape index (κ3) is 1.90. The Balaban J connectivity index is 2.67. The monoisotopic (exact) mass is 201 g/mol. The van der Waals surface area contributed by atoms with Crippen molar-refractivity contribution in [3.63, 3.8) is 0 Å². The molecule has 0 aromatic rings. The fraction of sp³-hybridized carbons (Fsp3) is 0.625. The molecule has 1 atom stereocenters. The first kappa shape index (κ1) is 10.6. The average molecular weight is 201 g/mol. The molecule has 14 heavy (non-hydrogen) atoms. The van der Waals surface area contributed by atoms with E-state index >= 15 is 0 Å². The van der Waals surface area contributed by atoms with Crippen molar-refractivity contribution >= 4 is 17.8 Å². The van der Waals surface area contributed by atoms with E-state index in [0.717, 1.165) is 4.90 Å². The van der Waals surface area contributed by atoms with Crippen LogP contribution in [0, 0.1) is 0 Å². The van der Waals surface area contributed by atoms with Crippen molar-refractivity contribution in [1.29, 1.82) is 0 Å². The first-order chi connectivity index (χ1) is 6.57. The lowest BCUT2D eigenvalue weighted by molar-refractivity contribution is -0.258. The fourth-order valence-electron chi connectivity index (χ4n) is 1.28. The molecule has 0 aromatic carbocycles. The van der Waals surface area contributed by atoms with E-state index in [1.807, 2.05) is 0 Å². The van der Waals surface area contributed by atoms with Crippen molar-refractivity contribution in [2.45, 2.75) is 25.8 Å². The first-order valence-electron chi connectivity index (χ1n) is 4.17. The maximum Gasteiger partial charge on any atom is 0.364 e. The highest BCUT2D eigenvalue weighted by atomic mass is 17.2. The van der Waals surface area contributed by atoms with Crippen molar-refractivity contribution in [3.05, 3.63) is 0 Å². The van der Waals surface area contributed by atoms with Crippen molar-refractivity contribution in [1.82, 2.24) is 4.90 Å². The van der Waals surface area contributed by atoms with Gasteiger partial charge in [-0.1, -0.05) is 0 Å². The van der Waals surface area contributed by atoms with Gasteiger partial charge in [-0.05, 0) is 6.92 Å². The second-order valence-electron chi connectivity index (χ2n) is 2.90. The van der Waals surface area contributed by atoms with Gasteiger partial charge in [0, 0.05) is 12.8 Å². The van der Waals surface area contributed by atoms with Crippen molar-refractivity contribution in [3.8, 4) is 0 Å². The number of nitrogens with zero attached hydrogens (tertiary/aromatic N) is 1. The summed E-state index contributed by atoms with van der Waals surface area (Å²) < 4.78 is 0. The van der Waals surface area contributed by atoms with Crippen LogP contribution in [0.2, 0.25) is 0 Å². The van der Waals surface area contributed by atoms with Crippen LogP contribution in [0.3, 0.4) is 0 Å². The zero-order valence-electron chi connectivity index (χ0n) is 7.98. The number of carbonyl (C=O) groups is 3. The van der Waals surface area contributed by atoms with Crippen LogP contribution in [0.25, 0.3) is 0 Å². The second kappa shape index (κ2) is 4.19. The minimum Gasteiger partial charge on any atom is -0.296 e. The highest BCUT2D eigenvalue weighted by Gasteiger charge is 2.37. The molecule has 1 unspecified atom stereocenters. The Bertz CT molecular complexity index is 259. The van der Waals surface area contributed by atoms with E-state index in [2.05, 4.69) is 9.78 Å². The molecule has 0 bridgehead atoms. The summed E-state index contributed by atoms with van der Waals surface area (Å²) in [5.74, 6) is -1.46. The van der Waals surface area contributed by atoms with Gasteiger partial charge in [-0.25, -0.2) is 4.79 Å². The number of amides is 2. The van der Waals surface area contributed by atoms with Crippen LogP contribution in [-0.2, 0) is 24.2 Å². The van der Waals surface area contributed by atoms with Gasteiger partial charge >= 0.3 is 5.97 Å². The van der Waals surface area contributed by atoms with Gasteiger partial charge in [-0.15, -0.1) is 0 Å². The summed E-state index contributed by atoms with van der Waals surface area (Å²) in [6.07, 6.45) is 0.312. The summed E-state index contributed by atoms with van der Waals surface area (Å²) in [4.78, 5) is 42.8. The molecule has 1 aliphatic heterocycles. The molecule has 1 aliphatic rings. The number of carbonyl (C=O) groups excluding carboxylic acids is 3. The van der Waals surface area contributed by atoms with Crippen molar-refractivity contribution in [2.24, 2.45) is 0 Å². The summed E-state index contributed by atoms with van der Waals surface area (Å²) in [5, 5.41) is 0. The molecule has 0 saturated carbocycles. The Kier molecular flexibility index (Phi) is 3.19. The predicted octanol–water partition coefficient (Wildman–Crippen LogP) is -0.372. The van der Waals surface area contributed by atoms with E-state index in [1.165, 1.54) is 14.0 Å². The Morgan fingerprint density at radius 1 is 1.36 bits per heavy atom. The molecule has 1 fully saturated rings.